The van der Waals surface area contributed by atoms with Gasteiger partial charge >= 0.3 is 0 Å². The number of rotatable bonds is 6. The average Bonchev–Trinajstić information content (AvgIpc) is 2.73. The van der Waals surface area contributed by atoms with Crippen molar-refractivity contribution in [3.8, 4) is 16.9 Å². The second-order valence-electron chi connectivity index (χ2n) is 5.89. The van der Waals surface area contributed by atoms with E-state index >= 15 is 0 Å². The summed E-state index contributed by atoms with van der Waals surface area (Å²) in [6.45, 7) is -0.116. The fraction of sp³-hybridized carbons (Fsp3) is 0.0909. The molecule has 3 aromatic rings. The number of nitrogens with one attached hydrogen (secondary N) is 2. The topological polar surface area (TPSA) is 67.4 Å². The maximum absolute atomic E-state index is 12.1. The predicted molar refractivity (Wildman–Crippen MR) is 106 cm³/mol. The molecule has 0 heterocycles. The molecule has 0 unspecified atom stereocenters. The number of benzene rings is 3. The molecule has 27 heavy (non-hydrogen) atoms. The third-order valence-electron chi connectivity index (χ3n) is 3.97. The first-order valence-electron chi connectivity index (χ1n) is 8.56. The van der Waals surface area contributed by atoms with Crippen LogP contribution in [0.2, 0.25) is 0 Å². The smallest absolute Gasteiger partial charge is 0.262 e. The summed E-state index contributed by atoms with van der Waals surface area (Å²) < 4.78 is 5.54. The van der Waals surface area contributed by atoms with Crippen molar-refractivity contribution in [3.05, 3.63) is 84.4 Å². The van der Waals surface area contributed by atoms with Crippen molar-refractivity contribution in [1.82, 2.24) is 5.32 Å². The van der Waals surface area contributed by atoms with E-state index in [0.717, 1.165) is 11.1 Å². The minimum atomic E-state index is -0.295. The van der Waals surface area contributed by atoms with Crippen LogP contribution < -0.4 is 15.4 Å². The molecule has 0 bridgehead atoms. The van der Waals surface area contributed by atoms with Crippen LogP contribution in [0.25, 0.3) is 11.1 Å². The van der Waals surface area contributed by atoms with Crippen LogP contribution in [0.4, 0.5) is 5.69 Å². The van der Waals surface area contributed by atoms with Gasteiger partial charge in [-0.15, -0.1) is 0 Å². The average molecular weight is 360 g/mol. The number of carbonyl (C=O) groups is 2. The van der Waals surface area contributed by atoms with Crippen LogP contribution in [-0.4, -0.2) is 25.5 Å². The normalized spacial score (nSPS) is 10.1. The fourth-order valence-electron chi connectivity index (χ4n) is 2.60. The molecule has 0 saturated carbocycles. The number of anilines is 1. The van der Waals surface area contributed by atoms with Crippen molar-refractivity contribution in [2.24, 2.45) is 0 Å². The highest BCUT2D eigenvalue weighted by atomic mass is 16.5. The molecule has 5 nitrogen and oxygen atoms in total. The zero-order valence-corrected chi connectivity index (χ0v) is 14.9. The molecular weight excluding hydrogens is 340 g/mol. The van der Waals surface area contributed by atoms with Gasteiger partial charge in [0.05, 0.1) is 0 Å². The Balaban J connectivity index is 1.56. The lowest BCUT2D eigenvalue weighted by Crippen LogP contribution is -2.21. The van der Waals surface area contributed by atoms with Gasteiger partial charge in [-0.3, -0.25) is 9.59 Å². The van der Waals surface area contributed by atoms with Crippen LogP contribution in [0.3, 0.4) is 0 Å². The first-order chi connectivity index (χ1) is 13.2. The van der Waals surface area contributed by atoms with E-state index in [1.807, 2.05) is 54.6 Å². The minimum absolute atomic E-state index is 0.116. The largest absolute Gasteiger partial charge is 0.484 e. The first-order valence-corrected chi connectivity index (χ1v) is 8.56. The summed E-state index contributed by atoms with van der Waals surface area (Å²) in [6, 6.07) is 24.3. The molecule has 0 aliphatic heterocycles. The Hall–Kier alpha value is -3.60. The maximum atomic E-state index is 12.1. The first kappa shape index (κ1) is 18.2. The van der Waals surface area contributed by atoms with Gasteiger partial charge in [0.2, 0.25) is 0 Å². The standard InChI is InChI=1S/C22H20N2O3/c1-23-22(26)18-8-5-9-19(14-18)24-21(25)15-27-20-12-10-17(11-13-20)16-6-3-2-4-7-16/h2-14H,15H2,1H3,(H,23,26)(H,24,25). The van der Waals surface area contributed by atoms with E-state index < -0.39 is 0 Å². The molecule has 136 valence electrons. The Labute approximate surface area is 158 Å². The van der Waals surface area contributed by atoms with Crippen LogP contribution >= 0.6 is 0 Å². The SMILES string of the molecule is CNC(=O)c1cccc(NC(=O)COc2ccc(-c3ccccc3)cc2)c1. The maximum Gasteiger partial charge on any atom is 0.262 e. The van der Waals surface area contributed by atoms with Crippen LogP contribution in [0.5, 0.6) is 5.75 Å². The van der Waals surface area contributed by atoms with Crippen LogP contribution in [0, 0.1) is 0 Å². The van der Waals surface area contributed by atoms with E-state index in [4.69, 9.17) is 4.74 Å². The number of amides is 2. The van der Waals surface area contributed by atoms with Crippen LogP contribution in [-0.2, 0) is 4.79 Å². The van der Waals surface area contributed by atoms with Crippen molar-refractivity contribution < 1.29 is 14.3 Å². The molecular formula is C22H20N2O3. The summed E-state index contributed by atoms with van der Waals surface area (Å²) >= 11 is 0. The minimum Gasteiger partial charge on any atom is -0.484 e. The molecule has 0 aliphatic rings. The van der Waals surface area contributed by atoms with Crippen molar-refractivity contribution in [2.75, 3.05) is 19.0 Å². The molecule has 0 saturated heterocycles. The Kier molecular flexibility index (Phi) is 5.84. The second kappa shape index (κ2) is 8.67. The quantitative estimate of drug-likeness (QED) is 0.704. The van der Waals surface area contributed by atoms with Gasteiger partial charge in [-0.05, 0) is 41.5 Å². The van der Waals surface area contributed by atoms with E-state index in [9.17, 15) is 9.59 Å². The van der Waals surface area contributed by atoms with E-state index in [-0.39, 0.29) is 18.4 Å². The Morgan fingerprint density at radius 3 is 2.26 bits per heavy atom. The van der Waals surface area contributed by atoms with Crippen molar-refractivity contribution in [1.29, 1.82) is 0 Å². The summed E-state index contributed by atoms with van der Waals surface area (Å²) in [5, 5.41) is 5.27. The molecule has 2 N–H and O–H groups in total. The van der Waals surface area contributed by atoms with Crippen LogP contribution in [0.1, 0.15) is 10.4 Å². The van der Waals surface area contributed by atoms with Gasteiger partial charge in [-0.25, -0.2) is 0 Å². The van der Waals surface area contributed by atoms with Crippen molar-refractivity contribution >= 4 is 17.5 Å². The van der Waals surface area contributed by atoms with Crippen molar-refractivity contribution in [2.45, 2.75) is 0 Å². The third kappa shape index (κ3) is 4.95. The molecule has 5 heteroatoms. The number of hydrogen-bond acceptors (Lipinski definition) is 3. The lowest BCUT2D eigenvalue weighted by atomic mass is 10.1. The summed E-state index contributed by atoms with van der Waals surface area (Å²) in [6.07, 6.45) is 0. The molecule has 2 amide bonds. The number of carbonyl (C=O) groups excluding carboxylic acids is 2. The van der Waals surface area contributed by atoms with Gasteiger partial charge in [-0.2, -0.15) is 0 Å². The highest BCUT2D eigenvalue weighted by Crippen LogP contribution is 2.22. The molecule has 0 aliphatic carbocycles. The van der Waals surface area contributed by atoms with Gasteiger partial charge in [0, 0.05) is 18.3 Å². The van der Waals surface area contributed by atoms with Crippen LogP contribution in [0.15, 0.2) is 78.9 Å². The predicted octanol–water partition coefficient (Wildman–Crippen LogP) is 3.73. The van der Waals surface area contributed by atoms with Gasteiger partial charge in [0.25, 0.3) is 11.8 Å². The Morgan fingerprint density at radius 2 is 1.56 bits per heavy atom. The van der Waals surface area contributed by atoms with Gasteiger partial charge in [0.15, 0.2) is 6.61 Å². The zero-order valence-electron chi connectivity index (χ0n) is 14.9. The summed E-state index contributed by atoms with van der Waals surface area (Å²) in [4.78, 5) is 23.7. The molecule has 0 atom stereocenters. The van der Waals surface area contributed by atoms with E-state index in [1.54, 1.807) is 31.3 Å². The molecule has 0 spiro atoms. The Bertz CT molecular complexity index is 922. The van der Waals surface area contributed by atoms with Gasteiger partial charge in [-0.1, -0.05) is 48.5 Å². The van der Waals surface area contributed by atoms with E-state index in [2.05, 4.69) is 10.6 Å². The molecule has 3 aromatic carbocycles. The second-order valence-corrected chi connectivity index (χ2v) is 5.89. The zero-order chi connectivity index (χ0) is 19.1. The monoisotopic (exact) mass is 360 g/mol. The highest BCUT2D eigenvalue weighted by Gasteiger charge is 2.07. The molecule has 0 fully saturated rings. The number of hydrogen-bond donors (Lipinski definition) is 2. The molecule has 3 rings (SSSR count). The summed E-state index contributed by atoms with van der Waals surface area (Å²) in [5.41, 5.74) is 3.23. The summed E-state index contributed by atoms with van der Waals surface area (Å²) in [7, 11) is 1.56. The highest BCUT2D eigenvalue weighted by molar-refractivity contribution is 5.97. The van der Waals surface area contributed by atoms with Gasteiger partial charge in [0.1, 0.15) is 5.75 Å². The van der Waals surface area contributed by atoms with E-state index in [1.165, 1.54) is 0 Å². The number of ether oxygens (including phenoxy) is 1. The van der Waals surface area contributed by atoms with Crippen molar-refractivity contribution in [3.63, 3.8) is 0 Å². The summed E-state index contributed by atoms with van der Waals surface area (Å²) in [5.74, 6) is 0.112. The van der Waals surface area contributed by atoms with Gasteiger partial charge < -0.3 is 15.4 Å². The molecule has 0 radical (unpaired) electrons. The third-order valence-corrected chi connectivity index (χ3v) is 3.97. The van der Waals surface area contributed by atoms with E-state index in [0.29, 0.717) is 17.0 Å². The Morgan fingerprint density at radius 1 is 0.852 bits per heavy atom. The lowest BCUT2D eigenvalue weighted by Gasteiger charge is -2.09. The molecule has 0 aromatic heterocycles. The fourth-order valence-corrected chi connectivity index (χ4v) is 2.60. The lowest BCUT2D eigenvalue weighted by molar-refractivity contribution is -0.118.